The lowest BCUT2D eigenvalue weighted by Crippen LogP contribution is -2.16. The number of carbonyl (C=O) groups is 1. The molecule has 0 radical (unpaired) electrons. The predicted octanol–water partition coefficient (Wildman–Crippen LogP) is 5.29. The van der Waals surface area contributed by atoms with Crippen molar-refractivity contribution in [3.05, 3.63) is 90.0 Å². The predicted molar refractivity (Wildman–Crippen MR) is 116 cm³/mol. The molecule has 4 aromatic rings. The average molecular weight is 423 g/mol. The minimum absolute atomic E-state index is 0.0115. The molecule has 0 aliphatic carbocycles. The Morgan fingerprint density at radius 2 is 1.63 bits per heavy atom. The lowest BCUT2D eigenvalue weighted by atomic mass is 10.1. The summed E-state index contributed by atoms with van der Waals surface area (Å²) in [5, 5.41) is 3.00. The number of rotatable bonds is 7. The van der Waals surface area contributed by atoms with Gasteiger partial charge in [-0.1, -0.05) is 60.3 Å². The first kappa shape index (κ1) is 20.1. The Hall–Kier alpha value is -3.19. The standard InChI is InChI=1S/C23H19F2N3OS/c24-17-9-6-10-18(25)22(17)27-21(29)15-30-23-26-19-11-4-5-12-20(19)28(23)14-13-16-7-2-1-3-8-16/h1-12H,13-15H2,(H,27,29). The summed E-state index contributed by atoms with van der Waals surface area (Å²) in [6.07, 6.45) is 0.821. The van der Waals surface area contributed by atoms with Gasteiger partial charge in [0.05, 0.1) is 16.8 Å². The van der Waals surface area contributed by atoms with Gasteiger partial charge in [0.1, 0.15) is 17.3 Å². The summed E-state index contributed by atoms with van der Waals surface area (Å²) in [7, 11) is 0. The van der Waals surface area contributed by atoms with Crippen LogP contribution in [0.1, 0.15) is 5.56 Å². The quantitative estimate of drug-likeness (QED) is 0.411. The van der Waals surface area contributed by atoms with E-state index >= 15 is 0 Å². The number of imidazole rings is 1. The van der Waals surface area contributed by atoms with Crippen molar-refractivity contribution in [2.75, 3.05) is 11.1 Å². The molecule has 0 fully saturated rings. The van der Waals surface area contributed by atoms with Crippen LogP contribution in [0.5, 0.6) is 0 Å². The molecule has 0 atom stereocenters. The second kappa shape index (κ2) is 9.09. The SMILES string of the molecule is O=C(CSc1nc2ccccc2n1CCc1ccccc1)Nc1c(F)cccc1F. The van der Waals surface area contributed by atoms with Crippen molar-refractivity contribution >= 4 is 34.4 Å². The molecule has 0 aliphatic rings. The van der Waals surface area contributed by atoms with Crippen LogP contribution in [-0.2, 0) is 17.8 Å². The molecule has 30 heavy (non-hydrogen) atoms. The second-order valence-corrected chi connectivity index (χ2v) is 7.65. The number of nitrogens with zero attached hydrogens (tertiary/aromatic N) is 2. The molecule has 0 bridgehead atoms. The monoisotopic (exact) mass is 423 g/mol. The van der Waals surface area contributed by atoms with E-state index in [1.807, 2.05) is 42.5 Å². The van der Waals surface area contributed by atoms with Gasteiger partial charge in [-0.3, -0.25) is 4.79 Å². The Morgan fingerprint density at radius 1 is 0.933 bits per heavy atom. The number of carbonyl (C=O) groups excluding carboxylic acids is 1. The number of fused-ring (bicyclic) bond motifs is 1. The van der Waals surface area contributed by atoms with Gasteiger partial charge in [0.15, 0.2) is 5.16 Å². The van der Waals surface area contributed by atoms with Crippen LogP contribution in [0.3, 0.4) is 0 Å². The molecule has 1 heterocycles. The van der Waals surface area contributed by atoms with E-state index in [2.05, 4.69) is 27.0 Å². The second-order valence-electron chi connectivity index (χ2n) is 6.70. The number of hydrogen-bond acceptors (Lipinski definition) is 3. The number of anilines is 1. The molecular formula is C23H19F2N3OS. The molecule has 1 amide bonds. The number of amides is 1. The van der Waals surface area contributed by atoms with Crippen LogP contribution < -0.4 is 5.32 Å². The van der Waals surface area contributed by atoms with Crippen molar-refractivity contribution in [2.45, 2.75) is 18.1 Å². The Bertz CT molecular complexity index is 1160. The lowest BCUT2D eigenvalue weighted by molar-refractivity contribution is -0.113. The fourth-order valence-corrected chi connectivity index (χ4v) is 4.03. The zero-order valence-corrected chi connectivity index (χ0v) is 16.8. The molecule has 152 valence electrons. The van der Waals surface area contributed by atoms with E-state index in [-0.39, 0.29) is 5.75 Å². The molecule has 4 nitrogen and oxygen atoms in total. The third-order valence-corrected chi connectivity index (χ3v) is 5.62. The van der Waals surface area contributed by atoms with Gasteiger partial charge >= 0.3 is 0 Å². The fourth-order valence-electron chi connectivity index (χ4n) is 3.19. The summed E-state index contributed by atoms with van der Waals surface area (Å²) < 4.78 is 29.6. The zero-order valence-electron chi connectivity index (χ0n) is 16.0. The van der Waals surface area contributed by atoms with Gasteiger partial charge < -0.3 is 9.88 Å². The minimum Gasteiger partial charge on any atom is -0.320 e. The van der Waals surface area contributed by atoms with E-state index < -0.39 is 23.2 Å². The molecule has 0 unspecified atom stereocenters. The van der Waals surface area contributed by atoms with Gasteiger partial charge in [-0.25, -0.2) is 13.8 Å². The first-order valence-corrected chi connectivity index (χ1v) is 10.5. The number of aromatic nitrogens is 2. The van der Waals surface area contributed by atoms with Crippen molar-refractivity contribution in [1.29, 1.82) is 0 Å². The first-order valence-electron chi connectivity index (χ1n) is 9.47. The van der Waals surface area contributed by atoms with Crippen molar-refractivity contribution in [2.24, 2.45) is 0 Å². The maximum Gasteiger partial charge on any atom is 0.235 e. The summed E-state index contributed by atoms with van der Waals surface area (Å²) in [4.78, 5) is 16.9. The number of aryl methyl sites for hydroxylation is 2. The molecule has 7 heteroatoms. The van der Waals surface area contributed by atoms with Gasteiger partial charge in [0.25, 0.3) is 0 Å². The van der Waals surface area contributed by atoms with E-state index in [0.717, 1.165) is 29.6 Å². The van der Waals surface area contributed by atoms with Crippen molar-refractivity contribution in [3.63, 3.8) is 0 Å². The number of nitrogens with one attached hydrogen (secondary N) is 1. The molecule has 0 saturated heterocycles. The highest BCUT2D eigenvalue weighted by molar-refractivity contribution is 7.99. The molecule has 1 aromatic heterocycles. The Labute approximate surface area is 176 Å². The van der Waals surface area contributed by atoms with Crippen LogP contribution in [0.25, 0.3) is 11.0 Å². The highest BCUT2D eigenvalue weighted by atomic mass is 32.2. The van der Waals surface area contributed by atoms with Crippen LogP contribution in [0.4, 0.5) is 14.5 Å². The van der Waals surface area contributed by atoms with E-state index in [1.165, 1.54) is 23.4 Å². The zero-order chi connectivity index (χ0) is 20.9. The molecular weight excluding hydrogens is 404 g/mol. The molecule has 4 rings (SSSR count). The molecule has 0 saturated carbocycles. The Morgan fingerprint density at radius 3 is 2.40 bits per heavy atom. The highest BCUT2D eigenvalue weighted by Crippen LogP contribution is 2.25. The van der Waals surface area contributed by atoms with Crippen LogP contribution in [0.15, 0.2) is 78.0 Å². The van der Waals surface area contributed by atoms with Crippen molar-refractivity contribution in [1.82, 2.24) is 9.55 Å². The largest absolute Gasteiger partial charge is 0.320 e. The topological polar surface area (TPSA) is 46.9 Å². The minimum atomic E-state index is -0.802. The summed E-state index contributed by atoms with van der Waals surface area (Å²) in [5.74, 6) is -2.11. The maximum absolute atomic E-state index is 13.8. The maximum atomic E-state index is 13.8. The third kappa shape index (κ3) is 4.52. The van der Waals surface area contributed by atoms with Gasteiger partial charge in [-0.15, -0.1) is 0 Å². The van der Waals surface area contributed by atoms with E-state index in [0.29, 0.717) is 11.7 Å². The number of halogens is 2. The van der Waals surface area contributed by atoms with Gasteiger partial charge in [0, 0.05) is 6.54 Å². The van der Waals surface area contributed by atoms with Gasteiger partial charge in [-0.05, 0) is 36.2 Å². The summed E-state index contributed by atoms with van der Waals surface area (Å²) in [6, 6.07) is 21.4. The van der Waals surface area contributed by atoms with Crippen molar-refractivity contribution < 1.29 is 13.6 Å². The Balaban J connectivity index is 1.50. The van der Waals surface area contributed by atoms with E-state index in [9.17, 15) is 13.6 Å². The summed E-state index contributed by atoms with van der Waals surface area (Å²) >= 11 is 1.24. The van der Waals surface area contributed by atoms with Crippen LogP contribution in [0.2, 0.25) is 0 Å². The number of thioether (sulfide) groups is 1. The molecule has 0 spiro atoms. The first-order chi connectivity index (χ1) is 14.6. The number of hydrogen-bond donors (Lipinski definition) is 1. The lowest BCUT2D eigenvalue weighted by Gasteiger charge is -2.10. The fraction of sp³-hybridized carbons (Fsp3) is 0.130. The summed E-state index contributed by atoms with van der Waals surface area (Å²) in [6.45, 7) is 0.705. The van der Waals surface area contributed by atoms with Crippen LogP contribution >= 0.6 is 11.8 Å². The van der Waals surface area contributed by atoms with Gasteiger partial charge in [0.2, 0.25) is 5.91 Å². The van der Waals surface area contributed by atoms with E-state index in [1.54, 1.807) is 0 Å². The van der Waals surface area contributed by atoms with Gasteiger partial charge in [-0.2, -0.15) is 0 Å². The van der Waals surface area contributed by atoms with E-state index in [4.69, 9.17) is 0 Å². The molecule has 1 N–H and O–H groups in total. The van der Waals surface area contributed by atoms with Crippen LogP contribution in [-0.4, -0.2) is 21.2 Å². The number of para-hydroxylation sites is 3. The van der Waals surface area contributed by atoms with Crippen LogP contribution in [0, 0.1) is 11.6 Å². The van der Waals surface area contributed by atoms with Crippen molar-refractivity contribution in [3.8, 4) is 0 Å². The molecule has 0 aliphatic heterocycles. The third-order valence-electron chi connectivity index (χ3n) is 4.65. The molecule has 3 aromatic carbocycles. The normalized spacial score (nSPS) is 11.0. The average Bonchev–Trinajstić information content (AvgIpc) is 3.12. The smallest absolute Gasteiger partial charge is 0.235 e. The Kier molecular flexibility index (Phi) is 6.09. The highest BCUT2D eigenvalue weighted by Gasteiger charge is 2.15. The summed E-state index contributed by atoms with van der Waals surface area (Å²) in [5.41, 5.74) is 2.60. The number of benzene rings is 3.